The predicted octanol–water partition coefficient (Wildman–Crippen LogP) is 7.32. The summed E-state index contributed by atoms with van der Waals surface area (Å²) in [6, 6.07) is 25.9. The third kappa shape index (κ3) is 9.01. The Balaban J connectivity index is 1.82. The molecule has 0 aliphatic rings. The minimum Gasteiger partial charge on any atom is -0.354 e. The number of sulfonamides is 1. The molecule has 0 bridgehead atoms. The highest BCUT2D eigenvalue weighted by Crippen LogP contribution is 2.28. The third-order valence-electron chi connectivity index (χ3n) is 7.15. The molecule has 1 N–H and O–H groups in total. The molecule has 7 nitrogen and oxygen atoms in total. The van der Waals surface area contributed by atoms with Gasteiger partial charge in [0.15, 0.2) is 0 Å². The number of nitrogens with zero attached hydrogens (tertiary/aromatic N) is 2. The Bertz CT molecular complexity index is 1740. The van der Waals surface area contributed by atoms with E-state index < -0.39 is 28.5 Å². The van der Waals surface area contributed by atoms with Gasteiger partial charge in [-0.2, -0.15) is 0 Å². The van der Waals surface area contributed by atoms with E-state index in [1.807, 2.05) is 50.2 Å². The summed E-state index contributed by atoms with van der Waals surface area (Å²) in [7, 11) is -4.24. The molecule has 4 rings (SSSR count). The summed E-state index contributed by atoms with van der Waals surface area (Å²) in [5.41, 5.74) is 2.50. The van der Waals surface area contributed by atoms with Crippen molar-refractivity contribution in [1.29, 1.82) is 0 Å². The van der Waals surface area contributed by atoms with Crippen LogP contribution in [0.2, 0.25) is 15.1 Å². The van der Waals surface area contributed by atoms with Gasteiger partial charge in [-0.3, -0.25) is 13.9 Å². The molecule has 0 fully saturated rings. The monoisotopic (exact) mass is 685 g/mol. The van der Waals surface area contributed by atoms with E-state index >= 15 is 0 Å². The molecule has 236 valence electrons. The van der Waals surface area contributed by atoms with E-state index in [0.29, 0.717) is 39.3 Å². The molecule has 0 saturated heterocycles. The average Bonchev–Trinajstić information content (AvgIpc) is 3.01. The Morgan fingerprint density at radius 2 is 1.53 bits per heavy atom. The maximum Gasteiger partial charge on any atom is 0.264 e. The van der Waals surface area contributed by atoms with Crippen molar-refractivity contribution in [1.82, 2.24) is 10.2 Å². The highest BCUT2D eigenvalue weighted by Gasteiger charge is 2.35. The van der Waals surface area contributed by atoms with E-state index in [9.17, 15) is 18.0 Å². The number of aryl methyl sites for hydroxylation is 1. The standard InChI is InChI=1S/C34H34Cl3N3O4S/c1-3-18-38-34(42)32(20-25-9-5-4-6-10-25)39(22-26-12-13-28(36)21-31(26)37)33(41)23-40(29-11-7-8-24(2)19-29)45(43,44)30-16-14-27(35)15-17-30/h4-17,19,21,32H,3,18,20,22-23H2,1-2H3,(H,38,42)/t32-/m1/s1. The van der Waals surface area contributed by atoms with Crippen LogP contribution in [0.3, 0.4) is 0 Å². The summed E-state index contributed by atoms with van der Waals surface area (Å²) < 4.78 is 29.3. The van der Waals surface area contributed by atoms with E-state index in [2.05, 4.69) is 5.32 Å². The second kappa shape index (κ2) is 15.6. The zero-order valence-corrected chi connectivity index (χ0v) is 28.0. The summed E-state index contributed by atoms with van der Waals surface area (Å²) in [5.74, 6) is -0.950. The second-order valence-electron chi connectivity index (χ2n) is 10.6. The minimum atomic E-state index is -4.24. The van der Waals surface area contributed by atoms with Gasteiger partial charge in [-0.1, -0.05) is 90.3 Å². The van der Waals surface area contributed by atoms with Gasteiger partial charge in [-0.15, -0.1) is 0 Å². The highest BCUT2D eigenvalue weighted by molar-refractivity contribution is 7.92. The number of nitrogens with one attached hydrogen (secondary N) is 1. The van der Waals surface area contributed by atoms with Gasteiger partial charge in [0.25, 0.3) is 10.0 Å². The van der Waals surface area contributed by atoms with Crippen LogP contribution >= 0.6 is 34.8 Å². The number of hydrogen-bond donors (Lipinski definition) is 1. The molecule has 0 saturated carbocycles. The van der Waals surface area contributed by atoms with Crippen LogP contribution in [0.15, 0.2) is 102 Å². The second-order valence-corrected chi connectivity index (χ2v) is 13.7. The normalized spacial score (nSPS) is 11.9. The lowest BCUT2D eigenvalue weighted by atomic mass is 10.0. The first-order chi connectivity index (χ1) is 21.5. The van der Waals surface area contributed by atoms with Crippen LogP contribution < -0.4 is 9.62 Å². The van der Waals surface area contributed by atoms with Crippen LogP contribution in [0.5, 0.6) is 0 Å². The molecule has 45 heavy (non-hydrogen) atoms. The fourth-order valence-electron chi connectivity index (χ4n) is 4.80. The molecule has 0 spiro atoms. The molecule has 0 unspecified atom stereocenters. The Kier molecular flexibility index (Phi) is 11.9. The molecule has 0 aliphatic heterocycles. The predicted molar refractivity (Wildman–Crippen MR) is 181 cm³/mol. The lowest BCUT2D eigenvalue weighted by Gasteiger charge is -2.34. The summed E-state index contributed by atoms with van der Waals surface area (Å²) in [4.78, 5) is 29.6. The number of anilines is 1. The first-order valence-corrected chi connectivity index (χ1v) is 17.0. The van der Waals surface area contributed by atoms with Crippen molar-refractivity contribution >= 4 is 62.3 Å². The first-order valence-electron chi connectivity index (χ1n) is 14.4. The van der Waals surface area contributed by atoms with Crippen molar-refractivity contribution in [2.45, 2.75) is 44.2 Å². The van der Waals surface area contributed by atoms with Crippen LogP contribution in [0.25, 0.3) is 0 Å². The van der Waals surface area contributed by atoms with Crippen molar-refractivity contribution < 1.29 is 18.0 Å². The van der Waals surface area contributed by atoms with Crippen molar-refractivity contribution in [3.05, 3.63) is 129 Å². The fourth-order valence-corrected chi connectivity index (χ4v) is 6.80. The maximum absolute atomic E-state index is 14.5. The SMILES string of the molecule is CCCNC(=O)[C@@H](Cc1ccccc1)N(Cc1ccc(Cl)cc1Cl)C(=O)CN(c1cccc(C)c1)S(=O)(=O)c1ccc(Cl)cc1. The summed E-state index contributed by atoms with van der Waals surface area (Å²) in [5, 5.41) is 4.03. The summed E-state index contributed by atoms with van der Waals surface area (Å²) in [6.07, 6.45) is 0.892. The molecule has 0 aromatic heterocycles. The van der Waals surface area contributed by atoms with Gasteiger partial charge >= 0.3 is 0 Å². The van der Waals surface area contributed by atoms with Crippen LogP contribution in [0.4, 0.5) is 5.69 Å². The Labute approximate surface area is 279 Å². The van der Waals surface area contributed by atoms with Crippen molar-refractivity contribution in [2.75, 3.05) is 17.4 Å². The van der Waals surface area contributed by atoms with Crippen LogP contribution in [0, 0.1) is 6.92 Å². The molecule has 1 atom stereocenters. The number of benzene rings is 4. The molecular weight excluding hydrogens is 653 g/mol. The van der Waals surface area contributed by atoms with Gasteiger partial charge < -0.3 is 10.2 Å². The fraction of sp³-hybridized carbons (Fsp3) is 0.235. The van der Waals surface area contributed by atoms with E-state index in [4.69, 9.17) is 34.8 Å². The maximum atomic E-state index is 14.5. The van der Waals surface area contributed by atoms with Crippen molar-refractivity contribution in [3.63, 3.8) is 0 Å². The molecule has 0 radical (unpaired) electrons. The van der Waals surface area contributed by atoms with E-state index in [-0.39, 0.29) is 23.8 Å². The minimum absolute atomic E-state index is 0.0324. The van der Waals surface area contributed by atoms with Crippen LogP contribution in [0.1, 0.15) is 30.0 Å². The van der Waals surface area contributed by atoms with E-state index in [1.54, 1.807) is 36.4 Å². The molecular formula is C34H34Cl3N3O4S. The van der Waals surface area contributed by atoms with Gasteiger partial charge in [0, 0.05) is 34.6 Å². The van der Waals surface area contributed by atoms with Gasteiger partial charge in [0.05, 0.1) is 10.6 Å². The zero-order valence-electron chi connectivity index (χ0n) is 24.9. The number of halogens is 3. The molecule has 4 aromatic carbocycles. The lowest BCUT2D eigenvalue weighted by molar-refractivity contribution is -0.140. The zero-order chi connectivity index (χ0) is 32.6. The molecule has 2 amide bonds. The van der Waals surface area contributed by atoms with Crippen molar-refractivity contribution in [3.8, 4) is 0 Å². The van der Waals surface area contributed by atoms with Gasteiger partial charge in [-0.25, -0.2) is 8.42 Å². The quantitative estimate of drug-likeness (QED) is 0.160. The van der Waals surface area contributed by atoms with Crippen LogP contribution in [-0.4, -0.2) is 44.3 Å². The van der Waals surface area contributed by atoms with Gasteiger partial charge in [-0.05, 0) is 78.6 Å². The van der Waals surface area contributed by atoms with Gasteiger partial charge in [0.2, 0.25) is 11.8 Å². The number of hydrogen-bond acceptors (Lipinski definition) is 4. The smallest absolute Gasteiger partial charge is 0.264 e. The first kappa shape index (κ1) is 34.3. The number of rotatable bonds is 13. The lowest BCUT2D eigenvalue weighted by Crippen LogP contribution is -2.53. The topological polar surface area (TPSA) is 86.8 Å². The Morgan fingerprint density at radius 1 is 0.844 bits per heavy atom. The van der Waals surface area contributed by atoms with Crippen LogP contribution in [-0.2, 0) is 32.6 Å². The largest absolute Gasteiger partial charge is 0.354 e. The number of carbonyl (C=O) groups excluding carboxylic acids is 2. The average molecular weight is 687 g/mol. The summed E-state index contributed by atoms with van der Waals surface area (Å²) in [6.45, 7) is 3.54. The molecule has 0 heterocycles. The Hall–Kier alpha value is -3.56. The Morgan fingerprint density at radius 3 is 2.18 bits per heavy atom. The van der Waals surface area contributed by atoms with Gasteiger partial charge in [0.1, 0.15) is 12.6 Å². The van der Waals surface area contributed by atoms with E-state index in [0.717, 1.165) is 15.4 Å². The van der Waals surface area contributed by atoms with Crippen molar-refractivity contribution in [2.24, 2.45) is 0 Å². The third-order valence-corrected chi connectivity index (χ3v) is 9.77. The summed E-state index contributed by atoms with van der Waals surface area (Å²) >= 11 is 18.7. The molecule has 4 aromatic rings. The molecule has 11 heteroatoms. The van der Waals surface area contributed by atoms with E-state index in [1.165, 1.54) is 29.2 Å². The number of carbonyl (C=O) groups is 2. The highest BCUT2D eigenvalue weighted by atomic mass is 35.5. The number of amides is 2. The molecule has 0 aliphatic carbocycles.